The molecule has 2 aromatic rings. The highest BCUT2D eigenvalue weighted by molar-refractivity contribution is 5.76. The number of nitriles is 1. The molecule has 0 aliphatic rings. The minimum Gasteiger partial charge on any atom is -0.439 e. The number of anilines is 1. The van der Waals surface area contributed by atoms with Crippen molar-refractivity contribution in [2.45, 2.75) is 25.9 Å². The van der Waals surface area contributed by atoms with E-state index in [2.05, 4.69) is 11.1 Å². The molecule has 5 nitrogen and oxygen atoms in total. The second-order valence-electron chi connectivity index (χ2n) is 4.46. The first kappa shape index (κ1) is 12.4. The van der Waals surface area contributed by atoms with E-state index in [0.717, 1.165) is 11.1 Å². The van der Waals surface area contributed by atoms with Crippen LogP contribution in [0.25, 0.3) is 11.1 Å². The van der Waals surface area contributed by atoms with Crippen LogP contribution in [0.4, 0.5) is 5.69 Å². The minimum absolute atomic E-state index is 0.176. The summed E-state index contributed by atoms with van der Waals surface area (Å²) < 4.78 is 5.63. The third-order valence-electron chi connectivity index (χ3n) is 2.98. The quantitative estimate of drug-likeness (QED) is 0.833. The molecule has 2 N–H and O–H groups in total. The van der Waals surface area contributed by atoms with Crippen LogP contribution in [-0.4, -0.2) is 23.0 Å². The molecule has 0 fully saturated rings. The largest absolute Gasteiger partial charge is 0.439 e. The molecule has 0 saturated carbocycles. The van der Waals surface area contributed by atoms with Crippen molar-refractivity contribution in [1.29, 1.82) is 5.26 Å². The fourth-order valence-corrected chi connectivity index (χ4v) is 1.72. The third kappa shape index (κ3) is 2.60. The Labute approximate surface area is 106 Å². The maximum atomic E-state index is 8.67. The SMILES string of the molecule is CC(CC#N)N(C)Cc1nc2cc(N)ccc2o1. The Balaban J connectivity index is 2.15. The van der Waals surface area contributed by atoms with E-state index in [1.165, 1.54) is 0 Å². The molecule has 0 aliphatic carbocycles. The summed E-state index contributed by atoms with van der Waals surface area (Å²) >= 11 is 0. The van der Waals surface area contributed by atoms with Crippen LogP contribution in [0.2, 0.25) is 0 Å². The van der Waals surface area contributed by atoms with Gasteiger partial charge in [-0.25, -0.2) is 4.98 Å². The molecular weight excluding hydrogens is 228 g/mol. The Kier molecular flexibility index (Phi) is 3.49. The number of fused-ring (bicyclic) bond motifs is 1. The standard InChI is InChI=1S/C13H16N4O/c1-9(5-6-14)17(2)8-13-16-11-7-10(15)3-4-12(11)18-13/h3-4,7,9H,5,8,15H2,1-2H3. The van der Waals surface area contributed by atoms with Crippen molar-refractivity contribution in [1.82, 2.24) is 9.88 Å². The van der Waals surface area contributed by atoms with Crippen LogP contribution >= 0.6 is 0 Å². The molecule has 1 aromatic carbocycles. The van der Waals surface area contributed by atoms with Crippen LogP contribution in [0, 0.1) is 11.3 Å². The maximum absolute atomic E-state index is 8.67. The molecule has 18 heavy (non-hydrogen) atoms. The first-order valence-corrected chi connectivity index (χ1v) is 5.82. The van der Waals surface area contributed by atoms with Crippen molar-refractivity contribution in [3.8, 4) is 6.07 Å². The van der Waals surface area contributed by atoms with Crippen molar-refractivity contribution < 1.29 is 4.42 Å². The number of hydrogen-bond acceptors (Lipinski definition) is 5. The molecule has 0 aliphatic heterocycles. The van der Waals surface area contributed by atoms with Gasteiger partial charge in [0.05, 0.1) is 19.0 Å². The second-order valence-corrected chi connectivity index (χ2v) is 4.46. The molecule has 2 rings (SSSR count). The minimum atomic E-state index is 0.176. The van der Waals surface area contributed by atoms with Gasteiger partial charge in [0.1, 0.15) is 5.52 Å². The lowest BCUT2D eigenvalue weighted by molar-refractivity contribution is 0.230. The van der Waals surface area contributed by atoms with Gasteiger partial charge >= 0.3 is 0 Å². The second kappa shape index (κ2) is 5.07. The van der Waals surface area contributed by atoms with Gasteiger partial charge in [-0.2, -0.15) is 5.26 Å². The number of oxazole rings is 1. The fourth-order valence-electron chi connectivity index (χ4n) is 1.72. The normalized spacial score (nSPS) is 12.8. The van der Waals surface area contributed by atoms with Gasteiger partial charge in [0, 0.05) is 11.7 Å². The van der Waals surface area contributed by atoms with Crippen LogP contribution in [-0.2, 0) is 6.54 Å². The van der Waals surface area contributed by atoms with E-state index in [-0.39, 0.29) is 6.04 Å². The van der Waals surface area contributed by atoms with Crippen molar-refractivity contribution >= 4 is 16.8 Å². The molecule has 0 bridgehead atoms. The Morgan fingerprint density at radius 2 is 2.33 bits per heavy atom. The van der Waals surface area contributed by atoms with E-state index in [1.807, 2.05) is 24.9 Å². The lowest BCUT2D eigenvalue weighted by Crippen LogP contribution is -2.28. The van der Waals surface area contributed by atoms with Gasteiger partial charge in [-0.05, 0) is 32.2 Å². The van der Waals surface area contributed by atoms with Gasteiger partial charge < -0.3 is 10.2 Å². The van der Waals surface area contributed by atoms with Gasteiger partial charge in [0.2, 0.25) is 5.89 Å². The number of nitrogens with zero attached hydrogens (tertiary/aromatic N) is 3. The predicted molar refractivity (Wildman–Crippen MR) is 69.6 cm³/mol. The van der Waals surface area contributed by atoms with Crippen LogP contribution in [0.5, 0.6) is 0 Å². The van der Waals surface area contributed by atoms with E-state index < -0.39 is 0 Å². The highest BCUT2D eigenvalue weighted by Gasteiger charge is 2.13. The zero-order chi connectivity index (χ0) is 13.1. The first-order chi connectivity index (χ1) is 8.60. The Morgan fingerprint density at radius 3 is 3.06 bits per heavy atom. The summed E-state index contributed by atoms with van der Waals surface area (Å²) in [5.41, 5.74) is 7.87. The summed E-state index contributed by atoms with van der Waals surface area (Å²) in [6, 6.07) is 7.74. The van der Waals surface area contributed by atoms with E-state index in [9.17, 15) is 0 Å². The molecule has 1 heterocycles. The van der Waals surface area contributed by atoms with E-state index in [4.69, 9.17) is 15.4 Å². The molecule has 1 unspecified atom stereocenters. The fraction of sp³-hybridized carbons (Fsp3) is 0.385. The van der Waals surface area contributed by atoms with Crippen LogP contribution < -0.4 is 5.73 Å². The van der Waals surface area contributed by atoms with Crippen LogP contribution in [0.1, 0.15) is 19.2 Å². The molecule has 1 atom stereocenters. The average Bonchev–Trinajstić information content (AvgIpc) is 2.70. The van der Waals surface area contributed by atoms with E-state index in [1.54, 1.807) is 12.1 Å². The van der Waals surface area contributed by atoms with Gasteiger partial charge in [0.15, 0.2) is 5.58 Å². The summed E-state index contributed by atoms with van der Waals surface area (Å²) in [7, 11) is 1.95. The molecule has 0 spiro atoms. The summed E-state index contributed by atoms with van der Waals surface area (Å²) in [5.74, 6) is 0.642. The molecule has 0 radical (unpaired) electrons. The number of rotatable bonds is 4. The number of aromatic nitrogens is 1. The zero-order valence-corrected chi connectivity index (χ0v) is 10.6. The van der Waals surface area contributed by atoms with E-state index in [0.29, 0.717) is 24.5 Å². The molecule has 1 aromatic heterocycles. The van der Waals surface area contributed by atoms with Crippen molar-refractivity contribution in [2.24, 2.45) is 0 Å². The molecule has 94 valence electrons. The van der Waals surface area contributed by atoms with Gasteiger partial charge in [-0.1, -0.05) is 0 Å². The maximum Gasteiger partial charge on any atom is 0.209 e. The smallest absolute Gasteiger partial charge is 0.209 e. The summed E-state index contributed by atoms with van der Waals surface area (Å²) in [6.07, 6.45) is 0.490. The highest BCUT2D eigenvalue weighted by atomic mass is 16.3. The lowest BCUT2D eigenvalue weighted by atomic mass is 10.2. The molecule has 0 amide bonds. The first-order valence-electron chi connectivity index (χ1n) is 5.82. The Morgan fingerprint density at radius 1 is 1.56 bits per heavy atom. The van der Waals surface area contributed by atoms with Crippen molar-refractivity contribution in [3.05, 3.63) is 24.1 Å². The van der Waals surface area contributed by atoms with Crippen molar-refractivity contribution in [3.63, 3.8) is 0 Å². The van der Waals surface area contributed by atoms with Gasteiger partial charge in [-0.15, -0.1) is 0 Å². The van der Waals surface area contributed by atoms with Crippen molar-refractivity contribution in [2.75, 3.05) is 12.8 Å². The van der Waals surface area contributed by atoms with Gasteiger partial charge in [0.25, 0.3) is 0 Å². The number of benzene rings is 1. The Hall–Kier alpha value is -2.06. The molecule has 0 saturated heterocycles. The molecule has 5 heteroatoms. The Bertz CT molecular complexity index is 584. The third-order valence-corrected chi connectivity index (χ3v) is 2.98. The number of nitrogen functional groups attached to an aromatic ring is 1. The summed E-state index contributed by atoms with van der Waals surface area (Å²) in [4.78, 5) is 6.42. The number of hydrogen-bond donors (Lipinski definition) is 1. The lowest BCUT2D eigenvalue weighted by Gasteiger charge is -2.20. The highest BCUT2D eigenvalue weighted by Crippen LogP contribution is 2.19. The summed E-state index contributed by atoms with van der Waals surface area (Å²) in [6.45, 7) is 2.58. The predicted octanol–water partition coefficient (Wildman–Crippen LogP) is 2.14. The average molecular weight is 244 g/mol. The van der Waals surface area contributed by atoms with Crippen LogP contribution in [0.15, 0.2) is 22.6 Å². The topological polar surface area (TPSA) is 79.1 Å². The summed E-state index contributed by atoms with van der Waals surface area (Å²) in [5, 5.41) is 8.67. The monoisotopic (exact) mass is 244 g/mol. The number of nitrogens with two attached hydrogens (primary N) is 1. The van der Waals surface area contributed by atoms with Gasteiger partial charge in [-0.3, -0.25) is 4.90 Å². The zero-order valence-electron chi connectivity index (χ0n) is 10.6. The molecular formula is C13H16N4O. The van der Waals surface area contributed by atoms with Crippen LogP contribution in [0.3, 0.4) is 0 Å². The van der Waals surface area contributed by atoms with E-state index >= 15 is 0 Å².